The molecule has 0 saturated carbocycles. The second kappa shape index (κ2) is 6.37. The van der Waals surface area contributed by atoms with E-state index < -0.39 is 0 Å². The van der Waals surface area contributed by atoms with Crippen LogP contribution in [0.5, 0.6) is 0 Å². The van der Waals surface area contributed by atoms with Crippen LogP contribution in [0.1, 0.15) is 38.6 Å². The molecule has 0 bridgehead atoms. The highest BCUT2D eigenvalue weighted by Gasteiger charge is 2.21. The molecule has 0 N–H and O–H groups in total. The van der Waals surface area contributed by atoms with Gasteiger partial charge in [-0.05, 0) is 30.9 Å². The number of rotatable bonds is 4. The molecule has 0 saturated heterocycles. The lowest BCUT2D eigenvalue weighted by molar-refractivity contribution is 0.0790. The van der Waals surface area contributed by atoms with Gasteiger partial charge in [-0.2, -0.15) is 0 Å². The van der Waals surface area contributed by atoms with E-state index >= 15 is 0 Å². The number of carbonyl (C=O) groups excluding carboxylic acids is 1. The molecule has 23 heavy (non-hydrogen) atoms. The van der Waals surface area contributed by atoms with Crippen molar-refractivity contribution in [2.75, 3.05) is 7.05 Å². The minimum absolute atomic E-state index is 0.0522. The molecule has 4 nitrogen and oxygen atoms in total. The summed E-state index contributed by atoms with van der Waals surface area (Å²) in [5.41, 5.74) is 1.95. The molecule has 0 aliphatic carbocycles. The van der Waals surface area contributed by atoms with Gasteiger partial charge in [-0.15, -0.1) is 22.7 Å². The zero-order valence-electron chi connectivity index (χ0n) is 13.7. The van der Waals surface area contributed by atoms with Crippen LogP contribution in [-0.2, 0) is 13.0 Å². The van der Waals surface area contributed by atoms with Gasteiger partial charge in [0.05, 0.1) is 11.4 Å². The summed E-state index contributed by atoms with van der Waals surface area (Å²) in [5, 5.41) is 3.06. The molecule has 3 aromatic rings. The fourth-order valence-corrected chi connectivity index (χ4v) is 4.64. The van der Waals surface area contributed by atoms with E-state index in [4.69, 9.17) is 0 Å². The van der Waals surface area contributed by atoms with Crippen molar-refractivity contribution in [3.8, 4) is 0 Å². The molecular formula is C17H19N3OS2. The molecule has 0 aromatic carbocycles. The van der Waals surface area contributed by atoms with Crippen molar-refractivity contribution in [1.29, 1.82) is 0 Å². The van der Waals surface area contributed by atoms with Gasteiger partial charge < -0.3 is 4.90 Å². The van der Waals surface area contributed by atoms with Crippen LogP contribution in [0, 0.1) is 13.8 Å². The van der Waals surface area contributed by atoms with Crippen LogP contribution in [0.2, 0.25) is 0 Å². The second-order valence-electron chi connectivity index (χ2n) is 5.56. The molecule has 0 unspecified atom stereocenters. The number of thiophene rings is 2. The number of aromatic nitrogens is 2. The molecular weight excluding hydrogens is 326 g/mol. The summed E-state index contributed by atoms with van der Waals surface area (Å²) >= 11 is 3.15. The Morgan fingerprint density at radius 1 is 1.30 bits per heavy atom. The van der Waals surface area contributed by atoms with Gasteiger partial charge in [0.25, 0.3) is 5.91 Å². The SMILES string of the molecule is CCc1nc(C)c2c(C)c(C(=O)N(C)Cc3cccs3)sc2n1. The molecule has 1 amide bonds. The Kier molecular flexibility index (Phi) is 4.46. The Morgan fingerprint density at radius 2 is 2.09 bits per heavy atom. The van der Waals surface area contributed by atoms with Gasteiger partial charge in [0, 0.05) is 29.4 Å². The highest BCUT2D eigenvalue weighted by molar-refractivity contribution is 7.20. The van der Waals surface area contributed by atoms with Crippen LogP contribution < -0.4 is 0 Å². The van der Waals surface area contributed by atoms with E-state index in [2.05, 4.69) is 16.0 Å². The fourth-order valence-electron chi connectivity index (χ4n) is 2.64. The van der Waals surface area contributed by atoms with Crippen LogP contribution >= 0.6 is 22.7 Å². The molecule has 3 rings (SSSR count). The van der Waals surface area contributed by atoms with Crippen molar-refractivity contribution in [3.63, 3.8) is 0 Å². The highest BCUT2D eigenvalue weighted by atomic mass is 32.1. The van der Waals surface area contributed by atoms with E-state index in [0.29, 0.717) is 6.54 Å². The predicted octanol–water partition coefficient (Wildman–Crippen LogP) is 4.20. The van der Waals surface area contributed by atoms with Crippen molar-refractivity contribution < 1.29 is 4.79 Å². The predicted molar refractivity (Wildman–Crippen MR) is 96.4 cm³/mol. The largest absolute Gasteiger partial charge is 0.336 e. The molecule has 3 aromatic heterocycles. The maximum absolute atomic E-state index is 12.8. The summed E-state index contributed by atoms with van der Waals surface area (Å²) in [7, 11) is 1.85. The summed E-state index contributed by atoms with van der Waals surface area (Å²) in [4.78, 5) is 26.6. The lowest BCUT2D eigenvalue weighted by Gasteiger charge is -2.15. The van der Waals surface area contributed by atoms with Gasteiger partial charge in [-0.3, -0.25) is 4.79 Å². The Hall–Kier alpha value is -1.79. The molecule has 0 radical (unpaired) electrons. The van der Waals surface area contributed by atoms with Gasteiger partial charge in [0.2, 0.25) is 0 Å². The molecule has 0 aliphatic rings. The summed E-state index contributed by atoms with van der Waals surface area (Å²) in [6.07, 6.45) is 0.801. The summed E-state index contributed by atoms with van der Waals surface area (Å²) in [5.74, 6) is 0.888. The molecule has 0 spiro atoms. The quantitative estimate of drug-likeness (QED) is 0.712. The van der Waals surface area contributed by atoms with E-state index in [9.17, 15) is 4.79 Å². The van der Waals surface area contributed by atoms with Crippen LogP contribution in [-0.4, -0.2) is 27.8 Å². The lowest BCUT2D eigenvalue weighted by Crippen LogP contribution is -2.25. The molecule has 0 atom stereocenters. The number of aryl methyl sites for hydroxylation is 3. The average Bonchev–Trinajstić information content (AvgIpc) is 3.14. The molecule has 3 heterocycles. The Morgan fingerprint density at radius 3 is 2.74 bits per heavy atom. The summed E-state index contributed by atoms with van der Waals surface area (Å²) < 4.78 is 0. The van der Waals surface area contributed by atoms with E-state index in [1.807, 2.05) is 39.3 Å². The van der Waals surface area contributed by atoms with Crippen molar-refractivity contribution in [3.05, 3.63) is 44.3 Å². The normalized spacial score (nSPS) is 11.1. The fraction of sp³-hybridized carbons (Fsp3) is 0.353. The van der Waals surface area contributed by atoms with Crippen molar-refractivity contribution >= 4 is 38.8 Å². The zero-order chi connectivity index (χ0) is 16.6. The van der Waals surface area contributed by atoms with E-state index in [-0.39, 0.29) is 5.91 Å². The molecule has 120 valence electrons. The van der Waals surface area contributed by atoms with E-state index in [0.717, 1.165) is 38.6 Å². The number of hydrogen-bond acceptors (Lipinski definition) is 5. The van der Waals surface area contributed by atoms with Gasteiger partial charge in [-0.1, -0.05) is 13.0 Å². The Balaban J connectivity index is 1.97. The zero-order valence-corrected chi connectivity index (χ0v) is 15.3. The number of nitrogens with zero attached hydrogens (tertiary/aromatic N) is 3. The third-order valence-electron chi connectivity index (χ3n) is 3.85. The van der Waals surface area contributed by atoms with Gasteiger partial charge in [0.15, 0.2) is 0 Å². The maximum atomic E-state index is 12.8. The third-order valence-corrected chi connectivity index (χ3v) is 5.88. The van der Waals surface area contributed by atoms with Crippen LogP contribution in [0.3, 0.4) is 0 Å². The van der Waals surface area contributed by atoms with Crippen molar-refractivity contribution in [1.82, 2.24) is 14.9 Å². The molecule has 0 fully saturated rings. The first-order valence-corrected chi connectivity index (χ1v) is 9.25. The topological polar surface area (TPSA) is 46.1 Å². The minimum Gasteiger partial charge on any atom is -0.336 e. The van der Waals surface area contributed by atoms with Crippen molar-refractivity contribution in [2.45, 2.75) is 33.7 Å². The number of fused-ring (bicyclic) bond motifs is 1. The smallest absolute Gasteiger partial charge is 0.264 e. The van der Waals surface area contributed by atoms with Gasteiger partial charge in [0.1, 0.15) is 10.7 Å². The average molecular weight is 345 g/mol. The van der Waals surface area contributed by atoms with E-state index in [1.54, 1.807) is 16.2 Å². The molecule has 0 aliphatic heterocycles. The maximum Gasteiger partial charge on any atom is 0.264 e. The lowest BCUT2D eigenvalue weighted by atomic mass is 10.1. The summed E-state index contributed by atoms with van der Waals surface area (Å²) in [6.45, 7) is 6.66. The van der Waals surface area contributed by atoms with Gasteiger partial charge in [-0.25, -0.2) is 9.97 Å². The monoisotopic (exact) mass is 345 g/mol. The number of hydrogen-bond donors (Lipinski definition) is 0. The first kappa shape index (κ1) is 16.1. The second-order valence-corrected chi connectivity index (χ2v) is 7.59. The summed E-state index contributed by atoms with van der Waals surface area (Å²) in [6, 6.07) is 4.06. The highest BCUT2D eigenvalue weighted by Crippen LogP contribution is 2.32. The number of amides is 1. The van der Waals surface area contributed by atoms with Crippen LogP contribution in [0.25, 0.3) is 10.2 Å². The van der Waals surface area contributed by atoms with Gasteiger partial charge >= 0.3 is 0 Å². The Labute approximate surface area is 143 Å². The Bertz CT molecular complexity index is 852. The molecule has 6 heteroatoms. The standard InChI is InChI=1S/C17H19N3OS2/c1-5-13-18-11(3)14-10(2)15(23-16(14)19-13)17(21)20(4)9-12-7-6-8-22-12/h6-8H,5,9H2,1-4H3. The third kappa shape index (κ3) is 3.01. The minimum atomic E-state index is 0.0522. The van der Waals surface area contributed by atoms with E-state index in [1.165, 1.54) is 16.2 Å². The van der Waals surface area contributed by atoms with Crippen LogP contribution in [0.15, 0.2) is 17.5 Å². The van der Waals surface area contributed by atoms with Crippen LogP contribution in [0.4, 0.5) is 0 Å². The first-order valence-electron chi connectivity index (χ1n) is 7.55. The van der Waals surface area contributed by atoms with Crippen molar-refractivity contribution in [2.24, 2.45) is 0 Å². The number of carbonyl (C=O) groups is 1. The first-order chi connectivity index (χ1) is 11.0.